The Morgan fingerprint density at radius 1 is 1.33 bits per heavy atom. The maximum atomic E-state index is 11.5. The topological polar surface area (TPSA) is 55.1 Å². The maximum Gasteiger partial charge on any atom is 0.220 e. The molecule has 0 radical (unpaired) electrons. The van der Waals surface area contributed by atoms with E-state index in [9.17, 15) is 4.79 Å². The number of benzene rings is 1. The summed E-state index contributed by atoms with van der Waals surface area (Å²) in [6, 6.07) is 7.87. The minimum atomic E-state index is 0.157. The highest BCUT2D eigenvalue weighted by molar-refractivity contribution is 5.76. The zero-order chi connectivity index (χ0) is 12.8. The van der Waals surface area contributed by atoms with Gasteiger partial charge in [0.2, 0.25) is 5.91 Å². The molecule has 1 aromatic carbocycles. The highest BCUT2D eigenvalue weighted by Gasteiger charge is 2.23. The second kappa shape index (κ2) is 6.23. The van der Waals surface area contributed by atoms with Crippen molar-refractivity contribution < 1.29 is 4.79 Å². The molecule has 0 atom stereocenters. The Bertz CT molecular complexity index is 464. The second-order valence-electron chi connectivity index (χ2n) is 4.63. The van der Waals surface area contributed by atoms with E-state index in [4.69, 9.17) is 5.73 Å². The summed E-state index contributed by atoms with van der Waals surface area (Å²) in [5.41, 5.74) is 7.36. The predicted molar refractivity (Wildman–Crippen MR) is 71.6 cm³/mol. The van der Waals surface area contributed by atoms with Gasteiger partial charge in [0.25, 0.3) is 0 Å². The van der Waals surface area contributed by atoms with Crippen LogP contribution in [0.25, 0.3) is 0 Å². The Hall–Kier alpha value is -1.79. The first kappa shape index (κ1) is 12.7. The Morgan fingerprint density at radius 2 is 2.06 bits per heavy atom. The van der Waals surface area contributed by atoms with Crippen LogP contribution in [0.15, 0.2) is 24.3 Å². The number of hydrogen-bond donors (Lipinski definition) is 2. The zero-order valence-corrected chi connectivity index (χ0v) is 10.4. The summed E-state index contributed by atoms with van der Waals surface area (Å²) in [4.78, 5) is 11.5. The normalized spacial score (nSPS) is 13.6. The fraction of sp³-hybridized carbons (Fsp3) is 0.400. The number of nitrogens with two attached hydrogens (primary N) is 1. The van der Waals surface area contributed by atoms with Crippen molar-refractivity contribution >= 4 is 5.91 Å². The van der Waals surface area contributed by atoms with E-state index in [1.807, 2.05) is 24.3 Å². The molecule has 1 saturated carbocycles. The van der Waals surface area contributed by atoms with Crippen molar-refractivity contribution in [3.8, 4) is 11.8 Å². The van der Waals surface area contributed by atoms with E-state index < -0.39 is 0 Å². The van der Waals surface area contributed by atoms with Crippen molar-refractivity contribution in [2.75, 3.05) is 6.54 Å². The SMILES string of the molecule is NCC#Cc1ccc(CNC(=O)CC2CC2)cc1. The fourth-order valence-corrected chi connectivity index (χ4v) is 1.72. The van der Waals surface area contributed by atoms with Gasteiger partial charge in [0.05, 0.1) is 6.54 Å². The molecule has 0 aromatic heterocycles. The molecule has 0 heterocycles. The summed E-state index contributed by atoms with van der Waals surface area (Å²) in [7, 11) is 0. The first-order valence-electron chi connectivity index (χ1n) is 6.32. The molecule has 18 heavy (non-hydrogen) atoms. The van der Waals surface area contributed by atoms with Crippen molar-refractivity contribution in [2.24, 2.45) is 11.7 Å². The quantitative estimate of drug-likeness (QED) is 0.784. The lowest BCUT2D eigenvalue weighted by Crippen LogP contribution is -2.22. The Kier molecular flexibility index (Phi) is 4.38. The standard InChI is InChI=1S/C15H18N2O/c16-9-1-2-12-3-7-14(8-4-12)11-17-15(18)10-13-5-6-13/h3-4,7-8,13H,5-6,9-11,16H2,(H,17,18). The lowest BCUT2D eigenvalue weighted by Gasteiger charge is -2.04. The van der Waals surface area contributed by atoms with E-state index in [2.05, 4.69) is 17.2 Å². The van der Waals surface area contributed by atoms with Gasteiger partial charge in [-0.1, -0.05) is 24.0 Å². The third kappa shape index (κ3) is 4.23. The van der Waals surface area contributed by atoms with Crippen LogP contribution in [0.2, 0.25) is 0 Å². The minimum Gasteiger partial charge on any atom is -0.352 e. The van der Waals surface area contributed by atoms with E-state index >= 15 is 0 Å². The fourth-order valence-electron chi connectivity index (χ4n) is 1.72. The molecule has 0 aliphatic heterocycles. The van der Waals surface area contributed by atoms with Gasteiger partial charge in [-0.3, -0.25) is 4.79 Å². The lowest BCUT2D eigenvalue weighted by molar-refractivity contribution is -0.121. The highest BCUT2D eigenvalue weighted by atomic mass is 16.1. The number of hydrogen-bond acceptors (Lipinski definition) is 2. The smallest absolute Gasteiger partial charge is 0.220 e. The molecule has 0 saturated heterocycles. The van der Waals surface area contributed by atoms with Gasteiger partial charge in [0.1, 0.15) is 0 Å². The Labute approximate surface area is 108 Å². The Balaban J connectivity index is 1.80. The van der Waals surface area contributed by atoms with Gasteiger partial charge in [-0.25, -0.2) is 0 Å². The Morgan fingerprint density at radius 3 is 2.67 bits per heavy atom. The number of carbonyl (C=O) groups is 1. The van der Waals surface area contributed by atoms with Gasteiger partial charge in [-0.15, -0.1) is 0 Å². The monoisotopic (exact) mass is 242 g/mol. The number of rotatable bonds is 4. The van der Waals surface area contributed by atoms with Gasteiger partial charge in [0.15, 0.2) is 0 Å². The van der Waals surface area contributed by atoms with Crippen LogP contribution in [0.5, 0.6) is 0 Å². The molecular weight excluding hydrogens is 224 g/mol. The van der Waals surface area contributed by atoms with E-state index in [0.717, 1.165) is 11.1 Å². The largest absolute Gasteiger partial charge is 0.352 e. The van der Waals surface area contributed by atoms with Crippen molar-refractivity contribution in [2.45, 2.75) is 25.8 Å². The van der Waals surface area contributed by atoms with Gasteiger partial charge in [-0.05, 0) is 36.5 Å². The lowest BCUT2D eigenvalue weighted by atomic mass is 10.1. The molecule has 94 valence electrons. The van der Waals surface area contributed by atoms with E-state index in [1.165, 1.54) is 12.8 Å². The van der Waals surface area contributed by atoms with E-state index in [0.29, 0.717) is 25.4 Å². The zero-order valence-electron chi connectivity index (χ0n) is 10.4. The average molecular weight is 242 g/mol. The van der Waals surface area contributed by atoms with Gasteiger partial charge >= 0.3 is 0 Å². The number of amides is 1. The van der Waals surface area contributed by atoms with Crippen LogP contribution in [-0.4, -0.2) is 12.5 Å². The van der Waals surface area contributed by atoms with Crippen LogP contribution < -0.4 is 11.1 Å². The van der Waals surface area contributed by atoms with Crippen LogP contribution in [-0.2, 0) is 11.3 Å². The number of carbonyl (C=O) groups excluding carboxylic acids is 1. The molecule has 3 N–H and O–H groups in total. The molecule has 3 nitrogen and oxygen atoms in total. The summed E-state index contributed by atoms with van der Waals surface area (Å²) < 4.78 is 0. The third-order valence-electron chi connectivity index (χ3n) is 2.95. The molecule has 1 aromatic rings. The second-order valence-corrected chi connectivity index (χ2v) is 4.63. The summed E-state index contributed by atoms with van der Waals surface area (Å²) >= 11 is 0. The van der Waals surface area contributed by atoms with Crippen molar-refractivity contribution in [1.29, 1.82) is 0 Å². The minimum absolute atomic E-state index is 0.157. The third-order valence-corrected chi connectivity index (χ3v) is 2.95. The van der Waals surface area contributed by atoms with Crippen LogP contribution >= 0.6 is 0 Å². The van der Waals surface area contributed by atoms with Crippen LogP contribution in [0.4, 0.5) is 0 Å². The molecule has 1 aliphatic carbocycles. The summed E-state index contributed by atoms with van der Waals surface area (Å²) in [6.07, 6.45) is 3.10. The molecule has 1 amide bonds. The molecular formula is C15H18N2O. The molecule has 0 spiro atoms. The molecule has 3 heteroatoms. The van der Waals surface area contributed by atoms with Gasteiger partial charge < -0.3 is 11.1 Å². The van der Waals surface area contributed by atoms with Crippen LogP contribution in [0, 0.1) is 17.8 Å². The van der Waals surface area contributed by atoms with Crippen molar-refractivity contribution in [3.05, 3.63) is 35.4 Å². The van der Waals surface area contributed by atoms with Crippen molar-refractivity contribution in [3.63, 3.8) is 0 Å². The molecule has 1 fully saturated rings. The molecule has 0 bridgehead atoms. The first-order chi connectivity index (χ1) is 8.78. The highest BCUT2D eigenvalue weighted by Crippen LogP contribution is 2.32. The molecule has 1 aliphatic rings. The van der Waals surface area contributed by atoms with Gasteiger partial charge in [0, 0.05) is 18.5 Å². The maximum absolute atomic E-state index is 11.5. The van der Waals surface area contributed by atoms with Crippen LogP contribution in [0.3, 0.4) is 0 Å². The number of nitrogens with one attached hydrogen (secondary N) is 1. The average Bonchev–Trinajstić information content (AvgIpc) is 3.19. The van der Waals surface area contributed by atoms with Crippen LogP contribution in [0.1, 0.15) is 30.4 Å². The first-order valence-corrected chi connectivity index (χ1v) is 6.32. The van der Waals surface area contributed by atoms with Crippen molar-refractivity contribution in [1.82, 2.24) is 5.32 Å². The van der Waals surface area contributed by atoms with E-state index in [1.54, 1.807) is 0 Å². The van der Waals surface area contributed by atoms with E-state index in [-0.39, 0.29) is 5.91 Å². The summed E-state index contributed by atoms with van der Waals surface area (Å²) in [5, 5.41) is 2.94. The molecule has 2 rings (SSSR count). The summed E-state index contributed by atoms with van der Waals surface area (Å²) in [6.45, 7) is 0.967. The summed E-state index contributed by atoms with van der Waals surface area (Å²) in [5.74, 6) is 6.57. The molecule has 0 unspecified atom stereocenters. The van der Waals surface area contributed by atoms with Gasteiger partial charge in [-0.2, -0.15) is 0 Å². The predicted octanol–water partition coefficient (Wildman–Crippen LogP) is 1.41.